The summed E-state index contributed by atoms with van der Waals surface area (Å²) in [5.41, 5.74) is 5.59. The van der Waals surface area contributed by atoms with Crippen molar-refractivity contribution >= 4 is 5.78 Å². The van der Waals surface area contributed by atoms with E-state index < -0.39 is 0 Å². The fourth-order valence-corrected chi connectivity index (χ4v) is 4.95. The Labute approximate surface area is 128 Å². The molecule has 2 fully saturated rings. The van der Waals surface area contributed by atoms with Crippen LogP contribution in [0.4, 0.5) is 0 Å². The van der Waals surface area contributed by atoms with Crippen LogP contribution in [0.2, 0.25) is 0 Å². The van der Waals surface area contributed by atoms with E-state index in [0.717, 1.165) is 23.8 Å². The highest BCUT2D eigenvalue weighted by Crippen LogP contribution is 2.44. The van der Waals surface area contributed by atoms with Gasteiger partial charge in [-0.3, -0.25) is 4.79 Å². The van der Waals surface area contributed by atoms with Crippen molar-refractivity contribution in [2.24, 2.45) is 5.92 Å². The van der Waals surface area contributed by atoms with Crippen LogP contribution in [-0.4, -0.2) is 5.78 Å². The topological polar surface area (TPSA) is 17.1 Å². The molecule has 1 atom stereocenters. The van der Waals surface area contributed by atoms with Crippen LogP contribution >= 0.6 is 0 Å². The molecule has 1 heteroatoms. The highest BCUT2D eigenvalue weighted by molar-refractivity contribution is 6.02. The van der Waals surface area contributed by atoms with Gasteiger partial charge in [-0.2, -0.15) is 0 Å². The van der Waals surface area contributed by atoms with Crippen LogP contribution in [0.3, 0.4) is 0 Å². The molecule has 3 aliphatic carbocycles. The second-order valence-corrected chi connectivity index (χ2v) is 7.57. The Balaban J connectivity index is 1.80. The molecule has 0 aliphatic heterocycles. The first kappa shape index (κ1) is 13.5. The first-order valence-electron chi connectivity index (χ1n) is 8.95. The summed E-state index contributed by atoms with van der Waals surface area (Å²) in [5.74, 6) is 2.10. The molecule has 1 aromatic rings. The SMILES string of the molecule is CC1Cc2cc(C3CCCC3)c(C3CCCC3)cc2C1=O. The zero-order valence-electron chi connectivity index (χ0n) is 13.2. The lowest BCUT2D eigenvalue weighted by Crippen LogP contribution is -2.07. The Morgan fingerprint density at radius 1 is 0.857 bits per heavy atom. The summed E-state index contributed by atoms with van der Waals surface area (Å²) in [7, 11) is 0. The van der Waals surface area contributed by atoms with Crippen LogP contribution in [0, 0.1) is 5.92 Å². The van der Waals surface area contributed by atoms with Crippen LogP contribution in [-0.2, 0) is 6.42 Å². The summed E-state index contributed by atoms with van der Waals surface area (Å²) in [6.45, 7) is 2.09. The molecule has 3 aliphatic rings. The molecule has 0 amide bonds. The van der Waals surface area contributed by atoms with Gasteiger partial charge in [0, 0.05) is 11.5 Å². The highest BCUT2D eigenvalue weighted by Gasteiger charge is 2.32. The summed E-state index contributed by atoms with van der Waals surface area (Å²) in [5, 5.41) is 0. The molecular weight excluding hydrogens is 256 g/mol. The van der Waals surface area contributed by atoms with E-state index in [1.54, 1.807) is 11.1 Å². The molecule has 0 N–H and O–H groups in total. The minimum atomic E-state index is 0.204. The Bertz CT molecular complexity index is 559. The average Bonchev–Trinajstić information content (AvgIpc) is 3.21. The molecule has 0 radical (unpaired) electrons. The summed E-state index contributed by atoms with van der Waals surface area (Å²) >= 11 is 0. The van der Waals surface area contributed by atoms with Gasteiger partial charge in [0.1, 0.15) is 0 Å². The van der Waals surface area contributed by atoms with Crippen molar-refractivity contribution in [2.75, 3.05) is 0 Å². The van der Waals surface area contributed by atoms with Crippen molar-refractivity contribution in [3.8, 4) is 0 Å². The molecule has 21 heavy (non-hydrogen) atoms. The fraction of sp³-hybridized carbons (Fsp3) is 0.650. The van der Waals surface area contributed by atoms with Crippen molar-refractivity contribution < 1.29 is 4.79 Å². The Morgan fingerprint density at radius 2 is 1.38 bits per heavy atom. The third kappa shape index (κ3) is 2.25. The Hall–Kier alpha value is -1.11. The predicted molar refractivity (Wildman–Crippen MR) is 86.1 cm³/mol. The van der Waals surface area contributed by atoms with Crippen molar-refractivity contribution in [2.45, 2.75) is 76.5 Å². The van der Waals surface area contributed by atoms with E-state index in [9.17, 15) is 4.79 Å². The number of Topliss-reactive ketones (excluding diaryl/α,β-unsaturated/α-hetero) is 1. The Morgan fingerprint density at radius 3 is 1.95 bits per heavy atom. The highest BCUT2D eigenvalue weighted by atomic mass is 16.1. The van der Waals surface area contributed by atoms with E-state index in [0.29, 0.717) is 5.78 Å². The number of carbonyl (C=O) groups is 1. The Kier molecular flexibility index (Phi) is 3.40. The minimum absolute atomic E-state index is 0.204. The third-order valence-corrected chi connectivity index (χ3v) is 6.14. The molecule has 0 aromatic heterocycles. The number of hydrogen-bond acceptors (Lipinski definition) is 1. The number of fused-ring (bicyclic) bond motifs is 1. The van der Waals surface area contributed by atoms with Gasteiger partial charge in [-0.15, -0.1) is 0 Å². The smallest absolute Gasteiger partial charge is 0.166 e. The van der Waals surface area contributed by atoms with Gasteiger partial charge in [-0.05, 0) is 66.7 Å². The first-order chi connectivity index (χ1) is 10.2. The number of ketones is 1. The summed E-state index contributed by atoms with van der Waals surface area (Å²) in [6.07, 6.45) is 11.9. The quantitative estimate of drug-likeness (QED) is 0.712. The van der Waals surface area contributed by atoms with Gasteiger partial charge in [0.05, 0.1) is 0 Å². The molecule has 0 saturated heterocycles. The van der Waals surface area contributed by atoms with Crippen LogP contribution in [0.1, 0.15) is 97.2 Å². The molecule has 1 aromatic carbocycles. The summed E-state index contributed by atoms with van der Waals surface area (Å²) in [4.78, 5) is 12.4. The van der Waals surface area contributed by atoms with E-state index in [2.05, 4.69) is 19.1 Å². The molecule has 0 heterocycles. The summed E-state index contributed by atoms with van der Waals surface area (Å²) < 4.78 is 0. The standard InChI is InChI=1S/C20H26O/c1-13-10-16-11-17(14-6-2-3-7-14)18(12-19(16)20(13)21)15-8-4-5-9-15/h11-15H,2-10H2,1H3. The van der Waals surface area contributed by atoms with E-state index in [4.69, 9.17) is 0 Å². The first-order valence-corrected chi connectivity index (χ1v) is 8.95. The third-order valence-electron chi connectivity index (χ3n) is 6.14. The molecule has 2 saturated carbocycles. The number of carbonyl (C=O) groups excluding carboxylic acids is 1. The van der Waals surface area contributed by atoms with E-state index >= 15 is 0 Å². The normalized spacial score (nSPS) is 26.7. The zero-order valence-corrected chi connectivity index (χ0v) is 13.2. The van der Waals surface area contributed by atoms with Crippen molar-refractivity contribution in [1.29, 1.82) is 0 Å². The summed E-state index contributed by atoms with van der Waals surface area (Å²) in [6, 6.07) is 4.77. The number of hydrogen-bond donors (Lipinski definition) is 0. The molecule has 0 bridgehead atoms. The van der Waals surface area contributed by atoms with Crippen LogP contribution in [0.25, 0.3) is 0 Å². The maximum absolute atomic E-state index is 12.4. The van der Waals surface area contributed by atoms with Gasteiger partial charge >= 0.3 is 0 Å². The monoisotopic (exact) mass is 282 g/mol. The average molecular weight is 282 g/mol. The lowest BCUT2D eigenvalue weighted by molar-refractivity contribution is 0.0946. The van der Waals surface area contributed by atoms with Gasteiger partial charge in [0.15, 0.2) is 5.78 Å². The second-order valence-electron chi connectivity index (χ2n) is 7.57. The zero-order chi connectivity index (χ0) is 14.4. The van der Waals surface area contributed by atoms with Gasteiger partial charge in [0.2, 0.25) is 0 Å². The van der Waals surface area contributed by atoms with Crippen LogP contribution in [0.5, 0.6) is 0 Å². The number of benzene rings is 1. The molecule has 1 nitrogen and oxygen atoms in total. The minimum Gasteiger partial charge on any atom is -0.294 e. The molecular formula is C20H26O. The van der Waals surface area contributed by atoms with Crippen molar-refractivity contribution in [3.63, 3.8) is 0 Å². The van der Waals surface area contributed by atoms with Gasteiger partial charge < -0.3 is 0 Å². The lowest BCUT2D eigenvalue weighted by atomic mass is 9.83. The van der Waals surface area contributed by atoms with E-state index in [-0.39, 0.29) is 5.92 Å². The number of rotatable bonds is 2. The second kappa shape index (κ2) is 5.26. The largest absolute Gasteiger partial charge is 0.294 e. The molecule has 4 rings (SSSR count). The lowest BCUT2D eigenvalue weighted by Gasteiger charge is -2.21. The molecule has 0 spiro atoms. The van der Waals surface area contributed by atoms with Gasteiger partial charge in [-0.25, -0.2) is 0 Å². The van der Waals surface area contributed by atoms with Crippen LogP contribution in [0.15, 0.2) is 12.1 Å². The molecule has 112 valence electrons. The van der Waals surface area contributed by atoms with Crippen molar-refractivity contribution in [1.82, 2.24) is 0 Å². The van der Waals surface area contributed by atoms with Crippen molar-refractivity contribution in [3.05, 3.63) is 34.4 Å². The van der Waals surface area contributed by atoms with Crippen LogP contribution < -0.4 is 0 Å². The maximum Gasteiger partial charge on any atom is 0.166 e. The van der Waals surface area contributed by atoms with E-state index in [1.165, 1.54) is 56.9 Å². The maximum atomic E-state index is 12.4. The van der Waals surface area contributed by atoms with E-state index in [1.807, 2.05) is 0 Å². The molecule has 1 unspecified atom stereocenters. The van der Waals surface area contributed by atoms with Gasteiger partial charge in [0.25, 0.3) is 0 Å². The fourth-order valence-electron chi connectivity index (χ4n) is 4.95. The van der Waals surface area contributed by atoms with Gasteiger partial charge in [-0.1, -0.05) is 38.7 Å². The predicted octanol–water partition coefficient (Wildman–Crippen LogP) is 5.38.